The molecule has 6 heteroatoms. The van der Waals surface area contributed by atoms with Crippen molar-refractivity contribution >= 4 is 11.9 Å². The van der Waals surface area contributed by atoms with E-state index in [-0.39, 0.29) is 29.5 Å². The van der Waals surface area contributed by atoms with Crippen LogP contribution in [0.15, 0.2) is 10.6 Å². The third-order valence-corrected chi connectivity index (χ3v) is 3.17. The van der Waals surface area contributed by atoms with E-state index in [4.69, 9.17) is 9.63 Å². The standard InChI is InChI=1S/C12H16N2O4/c1-6(2)9-5-10(18-14-9)11(15)13-8-3-7(4-8)12(16)17/h5-8H,3-4H2,1-2H3,(H,13,15)(H,16,17). The predicted octanol–water partition coefficient (Wildman–Crippen LogP) is 1.39. The average Bonchev–Trinajstić information content (AvgIpc) is 2.70. The first-order valence-corrected chi connectivity index (χ1v) is 5.97. The van der Waals surface area contributed by atoms with Crippen LogP contribution in [0.1, 0.15) is 48.9 Å². The summed E-state index contributed by atoms with van der Waals surface area (Å²) in [7, 11) is 0. The molecule has 1 fully saturated rings. The Morgan fingerprint density at radius 1 is 1.50 bits per heavy atom. The van der Waals surface area contributed by atoms with E-state index in [1.165, 1.54) is 0 Å². The highest BCUT2D eigenvalue weighted by Gasteiger charge is 2.35. The van der Waals surface area contributed by atoms with Gasteiger partial charge in [-0.25, -0.2) is 0 Å². The van der Waals surface area contributed by atoms with Crippen LogP contribution in [0.4, 0.5) is 0 Å². The number of hydrogen-bond acceptors (Lipinski definition) is 4. The van der Waals surface area contributed by atoms with Crippen LogP contribution in [-0.4, -0.2) is 28.2 Å². The quantitative estimate of drug-likeness (QED) is 0.844. The van der Waals surface area contributed by atoms with E-state index < -0.39 is 5.97 Å². The Hall–Kier alpha value is -1.85. The van der Waals surface area contributed by atoms with E-state index in [9.17, 15) is 9.59 Å². The molecular weight excluding hydrogens is 236 g/mol. The lowest BCUT2D eigenvalue weighted by Gasteiger charge is -2.32. The number of nitrogens with one attached hydrogen (secondary N) is 1. The second kappa shape index (κ2) is 4.80. The van der Waals surface area contributed by atoms with Gasteiger partial charge in [-0.2, -0.15) is 0 Å². The van der Waals surface area contributed by atoms with Gasteiger partial charge in [0.1, 0.15) is 0 Å². The number of rotatable bonds is 4. The first kappa shape index (κ1) is 12.6. The van der Waals surface area contributed by atoms with E-state index >= 15 is 0 Å². The average molecular weight is 252 g/mol. The molecular formula is C12H16N2O4. The number of carboxylic acids is 1. The van der Waals surface area contributed by atoms with Crippen molar-refractivity contribution in [2.24, 2.45) is 5.92 Å². The van der Waals surface area contributed by atoms with E-state index in [0.29, 0.717) is 12.8 Å². The molecule has 1 amide bonds. The largest absolute Gasteiger partial charge is 0.481 e. The molecule has 18 heavy (non-hydrogen) atoms. The van der Waals surface area contributed by atoms with Gasteiger partial charge in [0, 0.05) is 12.1 Å². The SMILES string of the molecule is CC(C)c1cc(C(=O)NC2CC(C(=O)O)C2)on1. The fourth-order valence-electron chi connectivity index (χ4n) is 1.86. The second-order valence-corrected chi connectivity index (χ2v) is 4.95. The summed E-state index contributed by atoms with van der Waals surface area (Å²) in [6.45, 7) is 3.92. The molecule has 0 aromatic carbocycles. The number of carbonyl (C=O) groups is 2. The lowest BCUT2D eigenvalue weighted by Crippen LogP contribution is -2.46. The number of hydrogen-bond donors (Lipinski definition) is 2. The molecule has 6 nitrogen and oxygen atoms in total. The molecule has 0 saturated heterocycles. The van der Waals surface area contributed by atoms with Gasteiger partial charge in [0.15, 0.2) is 0 Å². The van der Waals surface area contributed by atoms with Crippen LogP contribution >= 0.6 is 0 Å². The third-order valence-electron chi connectivity index (χ3n) is 3.17. The van der Waals surface area contributed by atoms with Crippen LogP contribution in [0.5, 0.6) is 0 Å². The van der Waals surface area contributed by atoms with Crippen molar-refractivity contribution in [1.29, 1.82) is 0 Å². The summed E-state index contributed by atoms with van der Waals surface area (Å²) in [5.74, 6) is -1.09. The third kappa shape index (κ3) is 2.52. The molecule has 1 aliphatic carbocycles. The summed E-state index contributed by atoms with van der Waals surface area (Å²) < 4.78 is 4.95. The van der Waals surface area contributed by atoms with Crippen LogP contribution in [0, 0.1) is 5.92 Å². The molecule has 0 atom stereocenters. The number of nitrogens with zero attached hydrogens (tertiary/aromatic N) is 1. The summed E-state index contributed by atoms with van der Waals surface area (Å²) in [6, 6.07) is 1.54. The highest BCUT2D eigenvalue weighted by Crippen LogP contribution is 2.27. The molecule has 0 unspecified atom stereocenters. The topological polar surface area (TPSA) is 92.4 Å². The van der Waals surface area contributed by atoms with Gasteiger partial charge in [-0.1, -0.05) is 19.0 Å². The number of aliphatic carboxylic acids is 1. The van der Waals surface area contributed by atoms with Gasteiger partial charge in [-0.05, 0) is 18.8 Å². The molecule has 2 N–H and O–H groups in total. The molecule has 0 aliphatic heterocycles. The van der Waals surface area contributed by atoms with Gasteiger partial charge in [0.25, 0.3) is 5.91 Å². The lowest BCUT2D eigenvalue weighted by atomic mass is 9.80. The maximum atomic E-state index is 11.8. The zero-order chi connectivity index (χ0) is 13.3. The molecule has 0 radical (unpaired) electrons. The lowest BCUT2D eigenvalue weighted by molar-refractivity contribution is -0.145. The molecule has 1 heterocycles. The van der Waals surface area contributed by atoms with Gasteiger partial charge in [-0.15, -0.1) is 0 Å². The number of carboxylic acid groups (broad SMARTS) is 1. The van der Waals surface area contributed by atoms with Gasteiger partial charge in [0.05, 0.1) is 11.6 Å². The minimum atomic E-state index is -0.803. The second-order valence-electron chi connectivity index (χ2n) is 4.95. The van der Waals surface area contributed by atoms with Crippen molar-refractivity contribution in [2.75, 3.05) is 0 Å². The molecule has 1 aliphatic rings. The molecule has 1 saturated carbocycles. The predicted molar refractivity (Wildman–Crippen MR) is 62.2 cm³/mol. The number of carbonyl (C=O) groups excluding carboxylic acids is 1. The Labute approximate surface area is 104 Å². The highest BCUT2D eigenvalue weighted by molar-refractivity contribution is 5.91. The van der Waals surface area contributed by atoms with Crippen molar-refractivity contribution in [2.45, 2.75) is 38.6 Å². The smallest absolute Gasteiger partial charge is 0.306 e. The van der Waals surface area contributed by atoms with Crippen LogP contribution in [0.2, 0.25) is 0 Å². The van der Waals surface area contributed by atoms with E-state index in [1.54, 1.807) is 6.07 Å². The van der Waals surface area contributed by atoms with Crippen LogP contribution in [-0.2, 0) is 4.79 Å². The van der Waals surface area contributed by atoms with Gasteiger partial charge in [0.2, 0.25) is 5.76 Å². The van der Waals surface area contributed by atoms with Crippen LogP contribution in [0.25, 0.3) is 0 Å². The molecule has 1 aromatic heterocycles. The summed E-state index contributed by atoms with van der Waals surface area (Å²) in [4.78, 5) is 22.4. The fraction of sp³-hybridized carbons (Fsp3) is 0.583. The summed E-state index contributed by atoms with van der Waals surface area (Å²) in [5.41, 5.74) is 0.733. The van der Waals surface area contributed by atoms with Crippen molar-refractivity contribution < 1.29 is 19.2 Å². The first-order valence-electron chi connectivity index (χ1n) is 5.97. The van der Waals surface area contributed by atoms with Crippen molar-refractivity contribution in [3.8, 4) is 0 Å². The minimum Gasteiger partial charge on any atom is -0.481 e. The Morgan fingerprint density at radius 3 is 2.67 bits per heavy atom. The summed E-state index contributed by atoms with van der Waals surface area (Å²) in [5, 5.41) is 15.3. The molecule has 0 spiro atoms. The zero-order valence-corrected chi connectivity index (χ0v) is 10.3. The zero-order valence-electron chi connectivity index (χ0n) is 10.3. The van der Waals surface area contributed by atoms with Crippen molar-refractivity contribution in [3.05, 3.63) is 17.5 Å². The fourth-order valence-corrected chi connectivity index (χ4v) is 1.86. The Balaban J connectivity index is 1.87. The summed E-state index contributed by atoms with van der Waals surface area (Å²) in [6.07, 6.45) is 0.957. The summed E-state index contributed by atoms with van der Waals surface area (Å²) >= 11 is 0. The van der Waals surface area contributed by atoms with E-state index in [0.717, 1.165) is 5.69 Å². The van der Waals surface area contributed by atoms with Crippen molar-refractivity contribution in [3.63, 3.8) is 0 Å². The van der Waals surface area contributed by atoms with Crippen molar-refractivity contribution in [1.82, 2.24) is 10.5 Å². The maximum absolute atomic E-state index is 11.8. The molecule has 1 aromatic rings. The highest BCUT2D eigenvalue weighted by atomic mass is 16.5. The van der Waals surface area contributed by atoms with Crippen LogP contribution < -0.4 is 5.32 Å². The Kier molecular flexibility index (Phi) is 3.36. The van der Waals surface area contributed by atoms with Gasteiger partial charge < -0.3 is 14.9 Å². The monoisotopic (exact) mass is 252 g/mol. The molecule has 98 valence electrons. The number of amides is 1. The maximum Gasteiger partial charge on any atom is 0.306 e. The van der Waals surface area contributed by atoms with E-state index in [1.807, 2.05) is 13.8 Å². The number of aromatic nitrogens is 1. The molecule has 2 rings (SSSR count). The minimum absolute atomic E-state index is 0.0776. The Morgan fingerprint density at radius 2 is 2.17 bits per heavy atom. The first-order chi connectivity index (χ1) is 8.47. The Bertz CT molecular complexity index is 460. The molecule has 0 bridgehead atoms. The van der Waals surface area contributed by atoms with E-state index in [2.05, 4.69) is 10.5 Å². The normalized spacial score (nSPS) is 22.6. The van der Waals surface area contributed by atoms with Gasteiger partial charge >= 0.3 is 5.97 Å². The van der Waals surface area contributed by atoms with Gasteiger partial charge in [-0.3, -0.25) is 9.59 Å². The van der Waals surface area contributed by atoms with Crippen LogP contribution in [0.3, 0.4) is 0 Å².